The lowest BCUT2D eigenvalue weighted by atomic mass is 9.78. The number of hydrogen-bond acceptors (Lipinski definition) is 18. The number of halogens is 6. The Balaban J connectivity index is 0.000000153. The second kappa shape index (κ2) is 43.5. The zero-order chi connectivity index (χ0) is 102. The number of imide groups is 1. The van der Waals surface area contributed by atoms with Gasteiger partial charge in [0.15, 0.2) is 11.2 Å². The van der Waals surface area contributed by atoms with E-state index in [4.69, 9.17) is 14.6 Å². The summed E-state index contributed by atoms with van der Waals surface area (Å²) in [6.45, 7) is 36.8. The van der Waals surface area contributed by atoms with Gasteiger partial charge in [-0.2, -0.15) is 0 Å². The zero-order valence-electron chi connectivity index (χ0n) is 83.2. The molecule has 3 amide bonds. The molecule has 4 spiro atoms. The number of carbonyl (C=O) groups excluding carboxylic acids is 6. The molecule has 3 saturated heterocycles. The summed E-state index contributed by atoms with van der Waals surface area (Å²) < 4.78 is 100. The molecule has 0 bridgehead atoms. The third-order valence-corrected chi connectivity index (χ3v) is 47.1. The molecule has 1 unspecified atom stereocenters. The molecule has 752 valence electrons. The summed E-state index contributed by atoms with van der Waals surface area (Å²) in [7, 11) is -6.56. The number of aliphatic hydroxyl groups is 1. The lowest BCUT2D eigenvalue weighted by Crippen LogP contribution is -2.67. The molecular formula is C111H130F6N8O14Si3. The van der Waals surface area contributed by atoms with Crippen molar-refractivity contribution in [1.29, 1.82) is 0 Å². The number of nitrogens with one attached hydrogen (secondary N) is 1. The van der Waals surface area contributed by atoms with Crippen molar-refractivity contribution >= 4 is 137 Å². The predicted molar refractivity (Wildman–Crippen MR) is 553 cm³/mol. The molecule has 9 aliphatic heterocycles. The molecular weight excluding hydrogens is 1870 g/mol. The average molecular weight is 2000 g/mol. The van der Waals surface area contributed by atoms with Gasteiger partial charge in [0.2, 0.25) is 6.29 Å². The highest BCUT2D eigenvalue weighted by Crippen LogP contribution is 2.56. The molecule has 1 atom stereocenters. The van der Waals surface area contributed by atoms with Gasteiger partial charge in [-0.15, -0.1) is 0 Å². The number of amides is 3. The largest absolute Gasteiger partial charge is 0.478 e. The summed E-state index contributed by atoms with van der Waals surface area (Å²) in [6.07, 6.45) is 2.44. The van der Waals surface area contributed by atoms with Crippen molar-refractivity contribution in [2.24, 2.45) is 0 Å². The first kappa shape index (κ1) is 104. The summed E-state index contributed by atoms with van der Waals surface area (Å²) in [4.78, 5) is 115. The minimum absolute atomic E-state index is 0.00380. The Labute approximate surface area is 830 Å². The van der Waals surface area contributed by atoms with Crippen molar-refractivity contribution in [3.63, 3.8) is 0 Å². The summed E-state index contributed by atoms with van der Waals surface area (Å²) in [6, 6.07) is 58.3. The van der Waals surface area contributed by atoms with Crippen LogP contribution in [0.3, 0.4) is 0 Å². The Hall–Kier alpha value is -12.3. The number of alkyl halides is 6. The van der Waals surface area contributed by atoms with Crippen molar-refractivity contribution in [2.75, 3.05) is 121 Å². The highest BCUT2D eigenvalue weighted by molar-refractivity contribution is 7.04. The third kappa shape index (κ3) is 18.7. The van der Waals surface area contributed by atoms with E-state index < -0.39 is 136 Å². The number of carboxylic acid groups (broad SMARTS) is 2. The highest BCUT2D eigenvalue weighted by atomic mass is 28.3. The number of hydrogen-bond donors (Lipinski definition) is 4. The van der Waals surface area contributed by atoms with Gasteiger partial charge in [0.1, 0.15) is 24.2 Å². The van der Waals surface area contributed by atoms with Crippen LogP contribution in [0, 0.1) is 0 Å². The van der Waals surface area contributed by atoms with Crippen molar-refractivity contribution in [1.82, 2.24) is 10.2 Å². The van der Waals surface area contributed by atoms with E-state index in [1.807, 2.05) is 0 Å². The summed E-state index contributed by atoms with van der Waals surface area (Å²) in [5.74, 6) is -7.21. The van der Waals surface area contributed by atoms with Gasteiger partial charge in [-0.1, -0.05) is 117 Å². The Morgan fingerprint density at radius 1 is 0.373 bits per heavy atom. The second-order valence-corrected chi connectivity index (χ2v) is 50.6. The van der Waals surface area contributed by atoms with Gasteiger partial charge >= 0.3 is 29.8 Å². The van der Waals surface area contributed by atoms with E-state index in [9.17, 15) is 74.9 Å². The molecule has 9 aromatic rings. The van der Waals surface area contributed by atoms with Crippen molar-refractivity contribution in [3.8, 4) is 0 Å². The van der Waals surface area contributed by atoms with Crippen LogP contribution in [0.25, 0.3) is 0 Å². The number of rotatable bonds is 29. The average Bonchev–Trinajstić information content (AvgIpc) is 1.41. The van der Waals surface area contributed by atoms with E-state index in [-0.39, 0.29) is 40.9 Å². The molecule has 9 aliphatic rings. The van der Waals surface area contributed by atoms with Gasteiger partial charge in [0.05, 0.1) is 27.8 Å². The first-order valence-electron chi connectivity index (χ1n) is 50.6. The number of aromatic carboxylic acids is 2. The van der Waals surface area contributed by atoms with Crippen LogP contribution >= 0.6 is 0 Å². The van der Waals surface area contributed by atoms with Gasteiger partial charge in [-0.3, -0.25) is 19.3 Å². The van der Waals surface area contributed by atoms with Gasteiger partial charge in [-0.05, 0) is 249 Å². The Morgan fingerprint density at radius 3 is 1.00 bits per heavy atom. The SMILES string of the molecule is CCN(CC)c1ccc2c(c1)[Si]1(CCCCC1)c1cc(N(CC)CC)ccc1C21OC(=O)c2cc(C(F)F)c(C(=O)NCCN3C(=O)C=CC3=O)cc21.CCN(CC)c1ccc2c(c1)[Si]1(CCCCC1)c1cc(N(CC)CC)ccc1C21OC(=O)c2cc(C(F)F)c(C(=O)O)cc21.CCN(CC)c1cccc([Si]2(c3cccc(N(CC)CC)c3)CCCCC2)c1.O=C(O)c1cc2c(cc1C(F)F)C(=O)OC2O. The molecule has 142 heavy (non-hydrogen) atoms. The van der Waals surface area contributed by atoms with Gasteiger partial charge in [0, 0.05) is 199 Å². The molecule has 0 aliphatic carbocycles. The van der Waals surface area contributed by atoms with Crippen LogP contribution in [-0.4, -0.2) is 184 Å². The number of benzene rings is 9. The molecule has 3 fully saturated rings. The minimum atomic E-state index is -3.06. The zero-order valence-corrected chi connectivity index (χ0v) is 86.2. The van der Waals surface area contributed by atoms with Crippen LogP contribution in [0.15, 0.2) is 170 Å². The number of ether oxygens (including phenoxy) is 3. The monoisotopic (exact) mass is 2000 g/mol. The van der Waals surface area contributed by atoms with Crippen LogP contribution in [0.2, 0.25) is 36.3 Å². The molecule has 9 aromatic carbocycles. The van der Waals surface area contributed by atoms with Crippen LogP contribution in [-0.2, 0) is 35.0 Å². The summed E-state index contributed by atoms with van der Waals surface area (Å²) in [5.41, 5.74) is 4.54. The molecule has 31 heteroatoms. The number of nitrogens with zero attached hydrogens (tertiary/aromatic N) is 7. The van der Waals surface area contributed by atoms with Crippen molar-refractivity contribution < 1.29 is 94.2 Å². The molecule has 0 aromatic heterocycles. The normalized spacial score (nSPS) is 17.3. The molecule has 4 N–H and O–H groups in total. The van der Waals surface area contributed by atoms with Crippen LogP contribution < -0.4 is 65.8 Å². The van der Waals surface area contributed by atoms with E-state index in [1.165, 1.54) is 82.0 Å². The summed E-state index contributed by atoms with van der Waals surface area (Å²) in [5, 5.41) is 38.8. The smallest absolute Gasteiger partial charge is 0.341 e. The number of carbonyl (C=O) groups is 8. The van der Waals surface area contributed by atoms with Crippen LogP contribution in [0.5, 0.6) is 0 Å². The second-order valence-electron chi connectivity index (χ2n) is 37.8. The van der Waals surface area contributed by atoms with E-state index in [0.29, 0.717) is 11.1 Å². The number of carboxylic acids is 2. The van der Waals surface area contributed by atoms with E-state index in [1.54, 1.807) is 10.4 Å². The predicted octanol–water partition coefficient (Wildman–Crippen LogP) is 18.6. The fraction of sp³-hybridized carbons (Fsp3) is 0.423. The van der Waals surface area contributed by atoms with Gasteiger partial charge in [0.25, 0.3) is 37.0 Å². The van der Waals surface area contributed by atoms with Crippen molar-refractivity contribution in [3.05, 3.63) is 259 Å². The lowest BCUT2D eigenvalue weighted by Gasteiger charge is -2.48. The lowest BCUT2D eigenvalue weighted by molar-refractivity contribution is -0.136. The maximum Gasteiger partial charge on any atom is 0.341 e. The number of cyclic esters (lactones) is 1. The van der Waals surface area contributed by atoms with Gasteiger partial charge < -0.3 is 64.2 Å². The van der Waals surface area contributed by atoms with E-state index >= 15 is 0 Å². The molecule has 22 nitrogen and oxygen atoms in total. The topological polar surface area (TPSA) is 260 Å². The van der Waals surface area contributed by atoms with Gasteiger partial charge in [-0.25, -0.2) is 50.3 Å². The highest BCUT2D eigenvalue weighted by Gasteiger charge is 2.62. The number of fused-ring (bicyclic) bond motifs is 17. The quantitative estimate of drug-likeness (QED) is 0.0112. The molecule has 18 rings (SSSR count). The molecule has 9 heterocycles. The number of anilines is 6. The Bertz CT molecular complexity index is 6110. The molecule has 0 saturated carbocycles. The minimum Gasteiger partial charge on any atom is -0.478 e. The fourth-order valence-electron chi connectivity index (χ4n) is 24.0. The van der Waals surface area contributed by atoms with E-state index in [0.717, 1.165) is 221 Å². The Morgan fingerprint density at radius 2 is 0.676 bits per heavy atom. The summed E-state index contributed by atoms with van der Waals surface area (Å²) >= 11 is 0. The third-order valence-electron chi connectivity index (χ3n) is 31.2. The maximum atomic E-state index is 14.7. The van der Waals surface area contributed by atoms with Crippen molar-refractivity contribution in [2.45, 2.75) is 214 Å². The first-order chi connectivity index (χ1) is 68.3. The standard InChI is InChI=1S/C41H46F2N4O5Si.C35H40F2N2O4Si.C25H38N2Si.C10H6F2O5/c1-5-45(6-2)26-12-14-31-34(22-26)53(20-10-9-11-21-53)35-23-27(46(7-3)8-4)13-15-32(35)41(31)33-25-29(28(38(42)43)24-30(33)40(51)52-41)39(50)44-18-19-47-36(48)16-17-37(47)49;1-5-38(6-2)22-12-14-27-30(18-22)44(16-10-9-11-17-44)31-19-23(39(7-3)8-4)13-15-28(31)35(27)29-21-25(33(40)41)24(32(36)37)20-26(29)34(42)43-35;1-5-26(6-2)22-14-12-16-24(20-22)28(18-10-9-11-19-28)25-17-13-15-23(21-25)27(7-3)8-4;11-7(12)3-1-5-6(2-4(3)8(13)14)10(16)17-9(5)15/h12-17,22-25,38H,5-11,18-21H2,1-4H3,(H,44,50);12-15,18-21,32H,5-11,16-17H2,1-4H3,(H,40,41);12-17,20-21H,5-11,18-19H2,1-4H3;1-2,7,10,16H,(H,13,14). The first-order valence-corrected chi connectivity index (χ1v) is 57.9. The number of esters is 3. The Kier molecular flexibility index (Phi) is 31.8. The molecule has 0 radical (unpaired) electrons. The van der Waals surface area contributed by atoms with Crippen LogP contribution in [0.1, 0.15) is 284 Å². The number of aliphatic hydroxyl groups excluding tert-OH is 1. The van der Waals surface area contributed by atoms with Crippen LogP contribution in [0.4, 0.5) is 60.5 Å². The van der Waals surface area contributed by atoms with E-state index in [2.05, 4.69) is 244 Å². The maximum absolute atomic E-state index is 14.7. The fourth-order valence-corrected chi connectivity index (χ4v) is 40.5.